The summed E-state index contributed by atoms with van der Waals surface area (Å²) in [6.07, 6.45) is 0.595. The molecule has 0 radical (unpaired) electrons. The van der Waals surface area contributed by atoms with Crippen LogP contribution >= 0.6 is 0 Å². The van der Waals surface area contributed by atoms with E-state index in [0.717, 1.165) is 0 Å². The Labute approximate surface area is 98.3 Å². The van der Waals surface area contributed by atoms with Gasteiger partial charge in [-0.3, -0.25) is 14.9 Å². The number of carbonyl (C=O) groups excluding carboxylic acids is 1. The Morgan fingerprint density at radius 3 is 2.65 bits per heavy atom. The van der Waals surface area contributed by atoms with E-state index in [1.54, 1.807) is 6.07 Å². The molecule has 92 valence electrons. The van der Waals surface area contributed by atoms with Gasteiger partial charge in [0.05, 0.1) is 19.1 Å². The third-order valence-corrected chi connectivity index (χ3v) is 2.29. The fourth-order valence-electron chi connectivity index (χ4n) is 1.38. The number of nitro benzene ring substituents is 1. The number of esters is 1. The normalized spacial score (nSPS) is 9.76. The van der Waals surface area contributed by atoms with Crippen LogP contribution in [0.1, 0.15) is 12.0 Å². The highest BCUT2D eigenvalue weighted by Crippen LogP contribution is 2.27. The van der Waals surface area contributed by atoms with Crippen molar-refractivity contribution in [1.82, 2.24) is 0 Å². The minimum atomic E-state index is -0.513. The zero-order chi connectivity index (χ0) is 12.8. The molecule has 6 nitrogen and oxygen atoms in total. The lowest BCUT2D eigenvalue weighted by Crippen LogP contribution is -2.02. The van der Waals surface area contributed by atoms with Gasteiger partial charge in [0, 0.05) is 12.5 Å². The van der Waals surface area contributed by atoms with Gasteiger partial charge in [0.1, 0.15) is 0 Å². The average molecular weight is 239 g/mol. The number of methoxy groups -OCH3 is 2. The minimum absolute atomic E-state index is 0.102. The van der Waals surface area contributed by atoms with Crippen molar-refractivity contribution in [3.63, 3.8) is 0 Å². The lowest BCUT2D eigenvalue weighted by atomic mass is 10.1. The fraction of sp³-hybridized carbons (Fsp3) is 0.364. The van der Waals surface area contributed by atoms with E-state index >= 15 is 0 Å². The molecule has 0 amide bonds. The molecule has 1 aromatic rings. The maximum absolute atomic E-state index is 10.9. The van der Waals surface area contributed by atoms with Crippen LogP contribution in [-0.2, 0) is 16.0 Å². The van der Waals surface area contributed by atoms with Crippen molar-refractivity contribution in [2.24, 2.45) is 0 Å². The first kappa shape index (κ1) is 13.0. The number of carbonyl (C=O) groups is 1. The number of hydrogen-bond donors (Lipinski definition) is 0. The molecular weight excluding hydrogens is 226 g/mol. The van der Waals surface area contributed by atoms with Crippen LogP contribution in [0.4, 0.5) is 5.69 Å². The number of benzene rings is 1. The van der Waals surface area contributed by atoms with Gasteiger partial charge in [-0.2, -0.15) is 0 Å². The summed E-state index contributed by atoms with van der Waals surface area (Å²) in [5, 5.41) is 10.8. The minimum Gasteiger partial charge on any atom is -0.490 e. The molecule has 0 bridgehead atoms. The number of nitro groups is 1. The van der Waals surface area contributed by atoms with Gasteiger partial charge in [0.25, 0.3) is 0 Å². The van der Waals surface area contributed by atoms with Crippen LogP contribution in [-0.4, -0.2) is 25.1 Å². The standard InChI is InChI=1S/C11H13NO5/c1-16-10-5-3-8(4-6-11(13)17-2)7-9(10)12(14)15/h3,5,7H,4,6H2,1-2H3. The van der Waals surface area contributed by atoms with Crippen molar-refractivity contribution in [1.29, 1.82) is 0 Å². The van der Waals surface area contributed by atoms with Crippen molar-refractivity contribution in [3.05, 3.63) is 33.9 Å². The molecule has 0 N–H and O–H groups in total. The number of aryl methyl sites for hydroxylation is 1. The van der Waals surface area contributed by atoms with Crippen molar-refractivity contribution in [2.75, 3.05) is 14.2 Å². The molecule has 0 atom stereocenters. The third kappa shape index (κ3) is 3.44. The summed E-state index contributed by atoms with van der Waals surface area (Å²) in [6.45, 7) is 0. The molecule has 0 saturated heterocycles. The zero-order valence-corrected chi connectivity index (χ0v) is 9.63. The van der Waals surface area contributed by atoms with Gasteiger partial charge in [-0.15, -0.1) is 0 Å². The largest absolute Gasteiger partial charge is 0.490 e. The second-order valence-electron chi connectivity index (χ2n) is 3.34. The van der Waals surface area contributed by atoms with E-state index in [4.69, 9.17) is 4.74 Å². The molecule has 0 fully saturated rings. The van der Waals surface area contributed by atoms with E-state index in [2.05, 4.69) is 4.74 Å². The Kier molecular flexibility index (Phi) is 4.45. The highest BCUT2D eigenvalue weighted by atomic mass is 16.6. The Hall–Kier alpha value is -2.11. The van der Waals surface area contributed by atoms with Crippen LogP contribution < -0.4 is 4.74 Å². The van der Waals surface area contributed by atoms with Gasteiger partial charge in [-0.25, -0.2) is 0 Å². The van der Waals surface area contributed by atoms with E-state index in [-0.39, 0.29) is 23.8 Å². The first-order valence-electron chi connectivity index (χ1n) is 4.96. The molecule has 0 unspecified atom stereocenters. The molecule has 17 heavy (non-hydrogen) atoms. The van der Waals surface area contributed by atoms with Crippen molar-refractivity contribution >= 4 is 11.7 Å². The van der Waals surface area contributed by atoms with Gasteiger partial charge in [0.15, 0.2) is 5.75 Å². The van der Waals surface area contributed by atoms with E-state index in [1.165, 1.54) is 26.4 Å². The number of ether oxygens (including phenoxy) is 2. The Morgan fingerprint density at radius 1 is 1.41 bits per heavy atom. The van der Waals surface area contributed by atoms with Crippen molar-refractivity contribution in [3.8, 4) is 5.75 Å². The smallest absolute Gasteiger partial charge is 0.311 e. The topological polar surface area (TPSA) is 78.7 Å². The van der Waals surface area contributed by atoms with E-state index < -0.39 is 4.92 Å². The SMILES string of the molecule is COC(=O)CCc1ccc(OC)c([N+](=O)[O-])c1. The molecule has 1 rings (SSSR count). The molecule has 6 heteroatoms. The molecule has 0 aliphatic heterocycles. The molecular formula is C11H13NO5. The monoisotopic (exact) mass is 239 g/mol. The van der Waals surface area contributed by atoms with Crippen LogP contribution in [0.3, 0.4) is 0 Å². The number of nitrogens with zero attached hydrogens (tertiary/aromatic N) is 1. The van der Waals surface area contributed by atoms with E-state index in [9.17, 15) is 14.9 Å². The summed E-state index contributed by atoms with van der Waals surface area (Å²) in [4.78, 5) is 21.2. The average Bonchev–Trinajstić information content (AvgIpc) is 2.35. The summed E-state index contributed by atoms with van der Waals surface area (Å²) in [5.74, 6) is -0.139. The van der Waals surface area contributed by atoms with Crippen LogP contribution in [0.25, 0.3) is 0 Å². The first-order chi connectivity index (χ1) is 8.08. The zero-order valence-electron chi connectivity index (χ0n) is 9.63. The number of hydrogen-bond acceptors (Lipinski definition) is 5. The maximum atomic E-state index is 10.9. The lowest BCUT2D eigenvalue weighted by Gasteiger charge is -2.04. The van der Waals surface area contributed by atoms with Crippen molar-refractivity contribution < 1.29 is 19.2 Å². The van der Waals surface area contributed by atoms with Gasteiger partial charge in [-0.05, 0) is 18.1 Å². The Balaban J connectivity index is 2.85. The quantitative estimate of drug-likeness (QED) is 0.444. The number of rotatable bonds is 5. The van der Waals surface area contributed by atoms with Crippen LogP contribution in [0.5, 0.6) is 5.75 Å². The molecule has 0 aliphatic carbocycles. The predicted octanol–water partition coefficient (Wildman–Crippen LogP) is 1.71. The Morgan fingerprint density at radius 2 is 2.12 bits per heavy atom. The van der Waals surface area contributed by atoms with E-state index in [1.807, 2.05) is 0 Å². The predicted molar refractivity (Wildman–Crippen MR) is 60.0 cm³/mol. The highest BCUT2D eigenvalue weighted by molar-refractivity contribution is 5.69. The fourth-order valence-corrected chi connectivity index (χ4v) is 1.38. The van der Waals surface area contributed by atoms with Crippen LogP contribution in [0.2, 0.25) is 0 Å². The second-order valence-corrected chi connectivity index (χ2v) is 3.34. The Bertz CT molecular complexity index is 430. The first-order valence-corrected chi connectivity index (χ1v) is 4.96. The highest BCUT2D eigenvalue weighted by Gasteiger charge is 2.15. The van der Waals surface area contributed by atoms with Crippen LogP contribution in [0.15, 0.2) is 18.2 Å². The summed E-state index contributed by atoms with van der Waals surface area (Å²) in [5.41, 5.74) is 0.595. The summed E-state index contributed by atoms with van der Waals surface area (Å²) < 4.78 is 9.37. The molecule has 0 spiro atoms. The molecule has 0 aromatic heterocycles. The van der Waals surface area contributed by atoms with Gasteiger partial charge < -0.3 is 9.47 Å². The lowest BCUT2D eigenvalue weighted by molar-refractivity contribution is -0.385. The van der Waals surface area contributed by atoms with E-state index in [0.29, 0.717) is 12.0 Å². The maximum Gasteiger partial charge on any atom is 0.311 e. The van der Waals surface area contributed by atoms with Gasteiger partial charge in [-0.1, -0.05) is 6.07 Å². The van der Waals surface area contributed by atoms with Gasteiger partial charge >= 0.3 is 11.7 Å². The van der Waals surface area contributed by atoms with Gasteiger partial charge in [0.2, 0.25) is 0 Å². The molecule has 0 heterocycles. The molecule has 0 aliphatic rings. The molecule has 0 saturated carbocycles. The summed E-state index contributed by atoms with van der Waals surface area (Å²) in [7, 11) is 2.68. The summed E-state index contributed by atoms with van der Waals surface area (Å²) in [6, 6.07) is 4.61. The van der Waals surface area contributed by atoms with Crippen molar-refractivity contribution in [2.45, 2.75) is 12.8 Å². The third-order valence-electron chi connectivity index (χ3n) is 2.29. The second kappa shape index (κ2) is 5.83. The molecule has 1 aromatic carbocycles. The summed E-state index contributed by atoms with van der Waals surface area (Å²) >= 11 is 0. The van der Waals surface area contributed by atoms with Crippen LogP contribution in [0, 0.1) is 10.1 Å².